The number of alkyl halides is 2. The molecule has 0 aliphatic carbocycles. The smallest absolute Gasteiger partial charge is 0.124 e. The number of likely N-dealkylation sites (tertiary alicyclic amines) is 1. The number of rotatable bonds is 8. The highest BCUT2D eigenvalue weighted by atomic mass is 19.1. The lowest BCUT2D eigenvalue weighted by Gasteiger charge is -2.43. The van der Waals surface area contributed by atoms with Gasteiger partial charge < -0.3 is 9.72 Å². The summed E-state index contributed by atoms with van der Waals surface area (Å²) in [5.41, 5.74) is 3.48. The van der Waals surface area contributed by atoms with Gasteiger partial charge in [-0.3, -0.25) is 14.2 Å². The number of halogens is 2. The molecule has 3 aromatic rings. The zero-order chi connectivity index (χ0) is 23.9. The van der Waals surface area contributed by atoms with Crippen LogP contribution in [-0.2, 0) is 6.42 Å². The van der Waals surface area contributed by atoms with E-state index in [1.54, 1.807) is 13.8 Å². The van der Waals surface area contributed by atoms with E-state index in [4.69, 9.17) is 4.74 Å². The number of hydrogen-bond donors (Lipinski definition) is 1. The Bertz CT molecular complexity index is 1110. The summed E-state index contributed by atoms with van der Waals surface area (Å²) in [5, 5.41) is 1.26. The normalized spacial score (nSPS) is 22.0. The fraction of sp³-hybridized carbons (Fsp3) is 0.500. The molecule has 2 atom stereocenters. The number of fused-ring (bicyclic) bond motifs is 3. The van der Waals surface area contributed by atoms with Crippen LogP contribution < -0.4 is 4.74 Å². The first-order valence-corrected chi connectivity index (χ1v) is 12.4. The molecule has 1 N–H and O–H groups in total. The second-order valence-corrected chi connectivity index (χ2v) is 10.5. The Hall–Kier alpha value is -2.44. The number of hydrogen-bond acceptors (Lipinski definition) is 3. The van der Waals surface area contributed by atoms with E-state index in [0.717, 1.165) is 42.9 Å². The monoisotopic (exact) mass is 467 g/mol. The number of aromatic nitrogens is 1. The predicted molar refractivity (Wildman–Crippen MR) is 133 cm³/mol. The Balaban J connectivity index is 1.41. The molecule has 3 heterocycles. The maximum atomic E-state index is 14.9. The van der Waals surface area contributed by atoms with Crippen LogP contribution in [0.15, 0.2) is 48.5 Å². The van der Waals surface area contributed by atoms with Crippen LogP contribution in [0, 0.1) is 0 Å². The third kappa shape index (κ3) is 4.71. The Labute approximate surface area is 200 Å². The molecule has 4 nitrogen and oxygen atoms in total. The fourth-order valence-electron chi connectivity index (χ4n) is 5.53. The van der Waals surface area contributed by atoms with Crippen molar-refractivity contribution in [1.82, 2.24) is 14.8 Å². The average molecular weight is 468 g/mol. The van der Waals surface area contributed by atoms with Crippen LogP contribution in [0.5, 0.6) is 5.75 Å². The molecule has 2 aliphatic heterocycles. The van der Waals surface area contributed by atoms with Crippen LogP contribution in [0.2, 0.25) is 0 Å². The van der Waals surface area contributed by atoms with Crippen LogP contribution >= 0.6 is 0 Å². The Morgan fingerprint density at radius 2 is 1.82 bits per heavy atom. The summed E-state index contributed by atoms with van der Waals surface area (Å²) in [7, 11) is 0. The van der Waals surface area contributed by atoms with Gasteiger partial charge in [0.05, 0.1) is 12.7 Å². The van der Waals surface area contributed by atoms with E-state index in [2.05, 4.69) is 58.1 Å². The van der Waals surface area contributed by atoms with Crippen LogP contribution in [0.1, 0.15) is 50.1 Å². The van der Waals surface area contributed by atoms with Crippen molar-refractivity contribution < 1.29 is 13.5 Å². The lowest BCUT2D eigenvalue weighted by atomic mass is 9.87. The molecule has 1 fully saturated rings. The number of ether oxygens (including phenoxy) is 1. The van der Waals surface area contributed by atoms with Crippen LogP contribution in [-0.4, -0.2) is 65.5 Å². The molecule has 0 saturated carbocycles. The molecule has 5 rings (SSSR count). The number of benzene rings is 2. The first kappa shape index (κ1) is 23.3. The van der Waals surface area contributed by atoms with Gasteiger partial charge in [-0.25, -0.2) is 4.39 Å². The summed E-state index contributed by atoms with van der Waals surface area (Å²) in [6.07, 6.45) is 1.64. The van der Waals surface area contributed by atoms with Crippen molar-refractivity contribution in [2.45, 2.75) is 57.5 Å². The van der Waals surface area contributed by atoms with Crippen molar-refractivity contribution in [2.24, 2.45) is 0 Å². The van der Waals surface area contributed by atoms with Gasteiger partial charge in [-0.15, -0.1) is 0 Å². The highest BCUT2D eigenvalue weighted by molar-refractivity contribution is 5.85. The maximum absolute atomic E-state index is 14.9. The standard InChI is InChI=1S/C28H35F2N3O/c1-19-15-24-23-7-4-5-8-25(23)31-26(24)27(33(19)18-28(2,3)30)20-9-11-21(12-10-20)34-22-16-32(17-22)14-6-13-29/h4-5,7-12,19,22,27,31H,6,13-18H2,1-3H3/t19-,27-/m1/s1. The van der Waals surface area contributed by atoms with Gasteiger partial charge in [-0.1, -0.05) is 30.3 Å². The van der Waals surface area contributed by atoms with Gasteiger partial charge in [-0.05, 0) is 62.9 Å². The molecule has 0 unspecified atom stereocenters. The number of nitrogens with zero attached hydrogens (tertiary/aromatic N) is 2. The number of para-hydroxylation sites is 1. The fourth-order valence-corrected chi connectivity index (χ4v) is 5.53. The molecule has 1 aromatic heterocycles. The first-order chi connectivity index (χ1) is 16.3. The second-order valence-electron chi connectivity index (χ2n) is 10.5. The minimum Gasteiger partial charge on any atom is -0.488 e. The van der Waals surface area contributed by atoms with Gasteiger partial charge in [-0.2, -0.15) is 0 Å². The van der Waals surface area contributed by atoms with Crippen molar-refractivity contribution in [3.05, 3.63) is 65.4 Å². The van der Waals surface area contributed by atoms with E-state index in [-0.39, 0.29) is 24.9 Å². The molecule has 0 bridgehead atoms. The van der Waals surface area contributed by atoms with Crippen molar-refractivity contribution in [2.75, 3.05) is 32.9 Å². The van der Waals surface area contributed by atoms with E-state index in [9.17, 15) is 8.78 Å². The number of H-pyrrole nitrogens is 1. The molecule has 2 aromatic carbocycles. The summed E-state index contributed by atoms with van der Waals surface area (Å²) < 4.78 is 33.4. The van der Waals surface area contributed by atoms with Crippen LogP contribution in [0.3, 0.4) is 0 Å². The Morgan fingerprint density at radius 1 is 1.09 bits per heavy atom. The summed E-state index contributed by atoms with van der Waals surface area (Å²) in [4.78, 5) is 8.17. The summed E-state index contributed by atoms with van der Waals surface area (Å²) in [5.74, 6) is 0.844. The SMILES string of the molecule is C[C@@H]1Cc2c([nH]c3ccccc23)[C@@H](c2ccc(OC3CN(CCCF)C3)cc2)N1CC(C)(C)F. The highest BCUT2D eigenvalue weighted by Crippen LogP contribution is 2.42. The highest BCUT2D eigenvalue weighted by Gasteiger charge is 2.38. The Kier molecular flexibility index (Phi) is 6.38. The van der Waals surface area contributed by atoms with Crippen molar-refractivity contribution in [1.29, 1.82) is 0 Å². The average Bonchev–Trinajstić information content (AvgIpc) is 3.13. The van der Waals surface area contributed by atoms with Gasteiger partial charge in [0.1, 0.15) is 17.5 Å². The summed E-state index contributed by atoms with van der Waals surface area (Å²) in [6.45, 7) is 8.10. The van der Waals surface area contributed by atoms with E-state index < -0.39 is 5.67 Å². The van der Waals surface area contributed by atoms with Crippen LogP contribution in [0.25, 0.3) is 10.9 Å². The third-order valence-corrected chi connectivity index (χ3v) is 7.11. The molecule has 0 amide bonds. The lowest BCUT2D eigenvalue weighted by molar-refractivity contribution is 0.0184. The summed E-state index contributed by atoms with van der Waals surface area (Å²) in [6, 6.07) is 16.9. The molecule has 0 radical (unpaired) electrons. The molecule has 1 saturated heterocycles. The van der Waals surface area contributed by atoms with Gasteiger partial charge >= 0.3 is 0 Å². The van der Waals surface area contributed by atoms with Gasteiger partial charge in [0.2, 0.25) is 0 Å². The largest absolute Gasteiger partial charge is 0.488 e. The van der Waals surface area contributed by atoms with E-state index >= 15 is 0 Å². The van der Waals surface area contributed by atoms with Crippen molar-refractivity contribution in [3.8, 4) is 5.75 Å². The minimum atomic E-state index is -1.29. The molecule has 2 aliphatic rings. The van der Waals surface area contributed by atoms with Crippen molar-refractivity contribution in [3.63, 3.8) is 0 Å². The van der Waals surface area contributed by atoms with Gasteiger partial charge in [0, 0.05) is 48.8 Å². The third-order valence-electron chi connectivity index (χ3n) is 7.11. The Morgan fingerprint density at radius 3 is 2.53 bits per heavy atom. The first-order valence-electron chi connectivity index (χ1n) is 12.4. The maximum Gasteiger partial charge on any atom is 0.124 e. The minimum absolute atomic E-state index is 0.0462. The molecule has 34 heavy (non-hydrogen) atoms. The van der Waals surface area contributed by atoms with Crippen LogP contribution in [0.4, 0.5) is 8.78 Å². The van der Waals surface area contributed by atoms with Crippen molar-refractivity contribution >= 4 is 10.9 Å². The van der Waals surface area contributed by atoms with E-state index in [1.165, 1.54) is 16.6 Å². The number of nitrogens with one attached hydrogen (secondary N) is 1. The number of aromatic amines is 1. The molecule has 182 valence electrons. The second kappa shape index (κ2) is 9.31. The predicted octanol–water partition coefficient (Wildman–Crippen LogP) is 5.67. The summed E-state index contributed by atoms with van der Waals surface area (Å²) >= 11 is 0. The molecule has 6 heteroatoms. The molecular weight excluding hydrogens is 432 g/mol. The molecular formula is C28H35F2N3O. The van der Waals surface area contributed by atoms with E-state index in [0.29, 0.717) is 13.0 Å². The zero-order valence-corrected chi connectivity index (χ0v) is 20.4. The quantitative estimate of drug-likeness (QED) is 0.463. The van der Waals surface area contributed by atoms with E-state index in [1.807, 2.05) is 12.1 Å². The zero-order valence-electron chi connectivity index (χ0n) is 20.4. The lowest BCUT2D eigenvalue weighted by Crippen LogP contribution is -2.53. The molecule has 0 spiro atoms. The van der Waals surface area contributed by atoms with Gasteiger partial charge in [0.25, 0.3) is 0 Å². The topological polar surface area (TPSA) is 31.5 Å². The van der Waals surface area contributed by atoms with Gasteiger partial charge in [0.15, 0.2) is 0 Å².